The molecule has 1 atom stereocenters. The van der Waals surface area contributed by atoms with E-state index in [2.05, 4.69) is 19.2 Å². The topological polar surface area (TPSA) is 69.7 Å². The van der Waals surface area contributed by atoms with Crippen molar-refractivity contribution in [1.29, 1.82) is 0 Å². The molecule has 1 N–H and O–H groups in total. The van der Waals surface area contributed by atoms with Crippen molar-refractivity contribution in [1.82, 2.24) is 9.21 Å². The Hall–Kier alpha value is -1.15. The molecule has 1 aromatic rings. The number of anilines is 1. The van der Waals surface area contributed by atoms with Gasteiger partial charge in [0.05, 0.1) is 22.2 Å². The highest BCUT2D eigenvalue weighted by atomic mass is 35.5. The fraction of sp³-hybridized carbons (Fsp3) is 0.632. The molecule has 0 spiro atoms. The van der Waals surface area contributed by atoms with E-state index in [0.29, 0.717) is 23.8 Å². The number of halogens is 1. The fourth-order valence-corrected chi connectivity index (χ4v) is 4.78. The summed E-state index contributed by atoms with van der Waals surface area (Å²) < 4.78 is 27.4. The van der Waals surface area contributed by atoms with E-state index in [4.69, 9.17) is 11.6 Å². The second-order valence-corrected chi connectivity index (χ2v) is 9.53. The molecule has 0 radical (unpaired) electrons. The zero-order valence-electron chi connectivity index (χ0n) is 16.4. The molecule has 1 amide bonds. The van der Waals surface area contributed by atoms with Crippen LogP contribution in [0.1, 0.15) is 46.0 Å². The molecule has 1 saturated heterocycles. The third-order valence-corrected chi connectivity index (χ3v) is 7.38. The summed E-state index contributed by atoms with van der Waals surface area (Å²) in [6.07, 6.45) is 4.79. The molecule has 152 valence electrons. The first-order valence-corrected chi connectivity index (χ1v) is 11.4. The molecule has 0 bridgehead atoms. The average Bonchev–Trinajstić information content (AvgIpc) is 2.92. The number of benzene rings is 1. The number of hydrogen-bond donors (Lipinski definition) is 1. The molecule has 0 aromatic heterocycles. The number of likely N-dealkylation sites (N-methyl/N-ethyl adjacent to an activating group) is 1. The molecule has 1 fully saturated rings. The Kier molecular flexibility index (Phi) is 8.09. The summed E-state index contributed by atoms with van der Waals surface area (Å²) in [6, 6.07) is 4.77. The Bertz CT molecular complexity index is 747. The maximum absolute atomic E-state index is 13.0. The van der Waals surface area contributed by atoms with Crippen LogP contribution in [-0.2, 0) is 14.8 Å². The van der Waals surface area contributed by atoms with Crippen molar-refractivity contribution in [3.63, 3.8) is 0 Å². The minimum atomic E-state index is -3.59. The van der Waals surface area contributed by atoms with Gasteiger partial charge in [-0.05, 0) is 51.4 Å². The molecule has 1 unspecified atom stereocenters. The summed E-state index contributed by atoms with van der Waals surface area (Å²) in [5.74, 6) is -0.218. The first-order chi connectivity index (χ1) is 12.8. The minimum absolute atomic E-state index is 0.166. The lowest BCUT2D eigenvalue weighted by Gasteiger charge is -2.23. The van der Waals surface area contributed by atoms with Crippen LogP contribution in [0.2, 0.25) is 5.02 Å². The van der Waals surface area contributed by atoms with E-state index in [1.165, 1.54) is 22.5 Å². The largest absolute Gasteiger partial charge is 0.324 e. The average molecular weight is 416 g/mol. The Morgan fingerprint density at radius 1 is 1.26 bits per heavy atom. The summed E-state index contributed by atoms with van der Waals surface area (Å²) in [6.45, 7) is 5.40. The Morgan fingerprint density at radius 2 is 1.89 bits per heavy atom. The molecule has 6 nitrogen and oxygen atoms in total. The summed E-state index contributed by atoms with van der Waals surface area (Å²) in [7, 11) is -1.70. The lowest BCUT2D eigenvalue weighted by atomic mass is 10.2. The van der Waals surface area contributed by atoms with Crippen LogP contribution in [-0.4, -0.2) is 56.3 Å². The van der Waals surface area contributed by atoms with Crippen molar-refractivity contribution >= 4 is 33.2 Å². The van der Waals surface area contributed by atoms with E-state index >= 15 is 0 Å². The Balaban J connectivity index is 2.16. The van der Waals surface area contributed by atoms with Crippen LogP contribution in [0.15, 0.2) is 23.1 Å². The number of hydrogen-bond acceptors (Lipinski definition) is 4. The highest BCUT2D eigenvalue weighted by Crippen LogP contribution is 2.28. The third kappa shape index (κ3) is 5.91. The second kappa shape index (κ2) is 9.87. The van der Waals surface area contributed by atoms with Crippen molar-refractivity contribution in [3.8, 4) is 0 Å². The fourth-order valence-electron chi connectivity index (χ4n) is 3.08. The first kappa shape index (κ1) is 22.1. The van der Waals surface area contributed by atoms with Gasteiger partial charge in [0.2, 0.25) is 15.9 Å². The molecule has 0 saturated carbocycles. The van der Waals surface area contributed by atoms with Gasteiger partial charge < -0.3 is 5.32 Å². The van der Waals surface area contributed by atoms with Gasteiger partial charge in [-0.2, -0.15) is 4.31 Å². The van der Waals surface area contributed by atoms with E-state index in [1.807, 2.05) is 11.9 Å². The molecular weight excluding hydrogens is 386 g/mol. The van der Waals surface area contributed by atoms with E-state index in [0.717, 1.165) is 32.1 Å². The van der Waals surface area contributed by atoms with E-state index < -0.39 is 10.0 Å². The van der Waals surface area contributed by atoms with Crippen molar-refractivity contribution in [3.05, 3.63) is 23.2 Å². The monoisotopic (exact) mass is 415 g/mol. The van der Waals surface area contributed by atoms with E-state index in [9.17, 15) is 13.2 Å². The molecule has 2 rings (SSSR count). The van der Waals surface area contributed by atoms with Crippen molar-refractivity contribution in [2.45, 2.75) is 56.9 Å². The number of carbonyl (C=O) groups is 1. The predicted molar refractivity (Wildman–Crippen MR) is 110 cm³/mol. The summed E-state index contributed by atoms with van der Waals surface area (Å²) in [5.41, 5.74) is 0.329. The molecular formula is C19H30ClN3O3S. The van der Waals surface area contributed by atoms with Gasteiger partial charge in [-0.3, -0.25) is 9.69 Å². The van der Waals surface area contributed by atoms with Gasteiger partial charge >= 0.3 is 0 Å². The van der Waals surface area contributed by atoms with Crippen molar-refractivity contribution < 1.29 is 13.2 Å². The van der Waals surface area contributed by atoms with Gasteiger partial charge in [-0.1, -0.05) is 31.4 Å². The zero-order valence-corrected chi connectivity index (χ0v) is 17.9. The third-order valence-electron chi connectivity index (χ3n) is 5.15. The highest BCUT2D eigenvalue weighted by Gasteiger charge is 2.26. The second-order valence-electron chi connectivity index (χ2n) is 7.18. The van der Waals surface area contributed by atoms with Gasteiger partial charge in [-0.25, -0.2) is 8.42 Å². The van der Waals surface area contributed by atoms with Gasteiger partial charge in [0.1, 0.15) is 0 Å². The number of nitrogens with one attached hydrogen (secondary N) is 1. The van der Waals surface area contributed by atoms with Crippen LogP contribution >= 0.6 is 11.6 Å². The molecule has 1 aliphatic heterocycles. The molecule has 1 heterocycles. The number of nitrogens with zero attached hydrogens (tertiary/aromatic N) is 2. The Labute approximate surface area is 167 Å². The zero-order chi connectivity index (χ0) is 20.0. The number of amides is 1. The maximum atomic E-state index is 13.0. The van der Waals surface area contributed by atoms with Crippen LogP contribution in [0.4, 0.5) is 5.69 Å². The van der Waals surface area contributed by atoms with Crippen molar-refractivity contribution in [2.75, 3.05) is 32.0 Å². The maximum Gasteiger partial charge on any atom is 0.243 e. The smallest absolute Gasteiger partial charge is 0.243 e. The summed E-state index contributed by atoms with van der Waals surface area (Å²) in [5, 5.41) is 3.08. The summed E-state index contributed by atoms with van der Waals surface area (Å²) >= 11 is 6.19. The van der Waals surface area contributed by atoms with Crippen LogP contribution in [0.3, 0.4) is 0 Å². The van der Waals surface area contributed by atoms with E-state index in [1.54, 1.807) is 0 Å². The molecule has 27 heavy (non-hydrogen) atoms. The first-order valence-electron chi connectivity index (χ1n) is 9.55. The van der Waals surface area contributed by atoms with E-state index in [-0.39, 0.29) is 23.4 Å². The predicted octanol–water partition coefficient (Wildman–Crippen LogP) is 3.57. The van der Waals surface area contributed by atoms with Gasteiger partial charge in [0.15, 0.2) is 0 Å². The van der Waals surface area contributed by atoms with Crippen molar-refractivity contribution in [2.24, 2.45) is 0 Å². The number of carbonyl (C=O) groups excluding carboxylic acids is 1. The number of sulfonamides is 1. The molecule has 0 aliphatic carbocycles. The van der Waals surface area contributed by atoms with Gasteiger partial charge in [-0.15, -0.1) is 0 Å². The van der Waals surface area contributed by atoms with Gasteiger partial charge in [0, 0.05) is 19.1 Å². The number of rotatable bonds is 7. The van der Waals surface area contributed by atoms with Crippen LogP contribution in [0.25, 0.3) is 0 Å². The van der Waals surface area contributed by atoms with Crippen LogP contribution in [0, 0.1) is 0 Å². The standard InChI is InChI=1S/C19H30ClN3O3S/c1-4-15(2)22(3)14-19(24)21-18-13-16(9-10-17(18)20)27(25,26)23-11-7-5-6-8-12-23/h9-10,13,15H,4-8,11-12,14H2,1-3H3,(H,21,24). The highest BCUT2D eigenvalue weighted by molar-refractivity contribution is 7.89. The Morgan fingerprint density at radius 3 is 2.48 bits per heavy atom. The lowest BCUT2D eigenvalue weighted by molar-refractivity contribution is -0.117. The summed E-state index contributed by atoms with van der Waals surface area (Å²) in [4.78, 5) is 14.4. The molecule has 1 aromatic carbocycles. The normalized spacial score (nSPS) is 17.5. The minimum Gasteiger partial charge on any atom is -0.324 e. The quantitative estimate of drug-likeness (QED) is 0.738. The molecule has 1 aliphatic rings. The lowest BCUT2D eigenvalue weighted by Crippen LogP contribution is -2.36. The molecule has 8 heteroatoms. The van der Waals surface area contributed by atoms with Gasteiger partial charge in [0.25, 0.3) is 0 Å². The van der Waals surface area contributed by atoms with Crippen LogP contribution < -0.4 is 5.32 Å². The SMILES string of the molecule is CCC(C)N(C)CC(=O)Nc1cc(S(=O)(=O)N2CCCCCC2)ccc1Cl. The van der Waals surface area contributed by atoms with Crippen LogP contribution in [0.5, 0.6) is 0 Å².